The lowest BCUT2D eigenvalue weighted by atomic mass is 10.1. The standard InChI is InChI=1S/C17H13ClF3NO3/c1-10-2-4-11(5-3-10)16(24)25-9-15(23)22-12-6-7-14(18)13(8-12)17(19,20)21/h2-8H,9H2,1H3,(H,22,23). The van der Waals surface area contributed by atoms with Crippen molar-refractivity contribution >= 4 is 29.2 Å². The zero-order chi connectivity index (χ0) is 18.6. The molecular weight excluding hydrogens is 359 g/mol. The summed E-state index contributed by atoms with van der Waals surface area (Å²) >= 11 is 5.50. The molecule has 132 valence electrons. The number of carbonyl (C=O) groups excluding carboxylic acids is 2. The quantitative estimate of drug-likeness (QED) is 0.807. The van der Waals surface area contributed by atoms with Crippen molar-refractivity contribution in [3.05, 3.63) is 64.2 Å². The minimum Gasteiger partial charge on any atom is -0.452 e. The van der Waals surface area contributed by atoms with Gasteiger partial charge in [0.05, 0.1) is 16.1 Å². The Morgan fingerprint density at radius 1 is 1.12 bits per heavy atom. The number of nitrogens with one attached hydrogen (secondary N) is 1. The van der Waals surface area contributed by atoms with E-state index in [0.717, 1.165) is 11.6 Å². The molecule has 0 aromatic heterocycles. The molecule has 2 aromatic rings. The molecule has 0 aliphatic carbocycles. The molecule has 0 aliphatic rings. The van der Waals surface area contributed by atoms with Gasteiger partial charge in [0, 0.05) is 5.69 Å². The molecule has 0 aliphatic heterocycles. The van der Waals surface area contributed by atoms with Crippen LogP contribution >= 0.6 is 11.6 Å². The first-order chi connectivity index (χ1) is 11.7. The Bertz CT molecular complexity index is 789. The maximum atomic E-state index is 12.8. The number of aryl methyl sites for hydroxylation is 1. The Labute approximate surface area is 146 Å². The fraction of sp³-hybridized carbons (Fsp3) is 0.176. The second-order valence-electron chi connectivity index (χ2n) is 5.18. The van der Waals surface area contributed by atoms with Crippen LogP contribution in [0, 0.1) is 6.92 Å². The van der Waals surface area contributed by atoms with Crippen molar-refractivity contribution in [2.75, 3.05) is 11.9 Å². The SMILES string of the molecule is Cc1ccc(C(=O)OCC(=O)Nc2ccc(Cl)c(C(F)(F)F)c2)cc1. The number of ether oxygens (including phenoxy) is 1. The van der Waals surface area contributed by atoms with Crippen LogP contribution in [0.4, 0.5) is 18.9 Å². The Hall–Kier alpha value is -2.54. The van der Waals surface area contributed by atoms with Crippen LogP contribution in [-0.4, -0.2) is 18.5 Å². The summed E-state index contributed by atoms with van der Waals surface area (Å²) in [5.41, 5.74) is 0.0541. The second kappa shape index (κ2) is 7.57. The highest BCUT2D eigenvalue weighted by atomic mass is 35.5. The Morgan fingerprint density at radius 3 is 2.36 bits per heavy atom. The molecule has 0 spiro atoms. The van der Waals surface area contributed by atoms with Crippen LogP contribution in [0.25, 0.3) is 0 Å². The minimum atomic E-state index is -4.64. The average molecular weight is 372 g/mol. The number of alkyl halides is 3. The van der Waals surface area contributed by atoms with Gasteiger partial charge < -0.3 is 10.1 Å². The van der Waals surface area contributed by atoms with Crippen molar-refractivity contribution in [3.63, 3.8) is 0 Å². The normalized spacial score (nSPS) is 11.1. The van der Waals surface area contributed by atoms with Crippen molar-refractivity contribution in [1.29, 1.82) is 0 Å². The highest BCUT2D eigenvalue weighted by Gasteiger charge is 2.33. The minimum absolute atomic E-state index is 0.104. The fourth-order valence-corrected chi connectivity index (χ4v) is 2.15. The van der Waals surface area contributed by atoms with E-state index in [1.807, 2.05) is 6.92 Å². The molecule has 0 radical (unpaired) electrons. The highest BCUT2D eigenvalue weighted by molar-refractivity contribution is 6.31. The first kappa shape index (κ1) is 18.8. The van der Waals surface area contributed by atoms with Gasteiger partial charge in [0.25, 0.3) is 5.91 Å². The van der Waals surface area contributed by atoms with Gasteiger partial charge in [-0.2, -0.15) is 13.2 Å². The number of hydrogen-bond acceptors (Lipinski definition) is 3. The van der Waals surface area contributed by atoms with Gasteiger partial charge in [-0.1, -0.05) is 29.3 Å². The van der Waals surface area contributed by atoms with E-state index in [4.69, 9.17) is 16.3 Å². The van der Waals surface area contributed by atoms with E-state index >= 15 is 0 Å². The zero-order valence-electron chi connectivity index (χ0n) is 13.0. The molecular formula is C17H13ClF3NO3. The molecule has 0 atom stereocenters. The largest absolute Gasteiger partial charge is 0.452 e. The third-order valence-corrected chi connectivity index (χ3v) is 3.51. The number of carbonyl (C=O) groups is 2. The van der Waals surface area contributed by atoms with E-state index in [-0.39, 0.29) is 11.3 Å². The second-order valence-corrected chi connectivity index (χ2v) is 5.59. The molecule has 2 aromatic carbocycles. The van der Waals surface area contributed by atoms with Gasteiger partial charge in [-0.05, 0) is 37.3 Å². The Kier molecular flexibility index (Phi) is 5.69. The van der Waals surface area contributed by atoms with E-state index in [1.165, 1.54) is 6.07 Å². The summed E-state index contributed by atoms with van der Waals surface area (Å²) < 4.78 is 43.1. The number of hydrogen-bond donors (Lipinski definition) is 1. The van der Waals surface area contributed by atoms with E-state index in [9.17, 15) is 22.8 Å². The topological polar surface area (TPSA) is 55.4 Å². The average Bonchev–Trinajstić information content (AvgIpc) is 2.54. The van der Waals surface area contributed by atoms with Gasteiger partial charge in [-0.25, -0.2) is 4.79 Å². The van der Waals surface area contributed by atoms with Gasteiger partial charge in [0.2, 0.25) is 0 Å². The van der Waals surface area contributed by atoms with Crippen LogP contribution in [-0.2, 0) is 15.7 Å². The molecule has 4 nitrogen and oxygen atoms in total. The van der Waals surface area contributed by atoms with Crippen LogP contribution in [0.15, 0.2) is 42.5 Å². The molecule has 0 bridgehead atoms. The molecule has 0 fully saturated rings. The molecule has 1 amide bonds. The molecule has 0 heterocycles. The number of amides is 1. The van der Waals surface area contributed by atoms with Crippen LogP contribution < -0.4 is 5.32 Å². The molecule has 1 N–H and O–H groups in total. The third-order valence-electron chi connectivity index (χ3n) is 3.18. The van der Waals surface area contributed by atoms with Crippen LogP contribution in [0.3, 0.4) is 0 Å². The number of halogens is 4. The summed E-state index contributed by atoms with van der Waals surface area (Å²) in [6, 6.07) is 9.47. The van der Waals surface area contributed by atoms with E-state index in [2.05, 4.69) is 5.32 Å². The number of rotatable bonds is 4. The van der Waals surface area contributed by atoms with E-state index in [0.29, 0.717) is 6.07 Å². The molecule has 2 rings (SSSR count). The smallest absolute Gasteiger partial charge is 0.417 e. The summed E-state index contributed by atoms with van der Waals surface area (Å²) in [5.74, 6) is -1.47. The monoisotopic (exact) mass is 371 g/mol. The third kappa shape index (κ3) is 5.22. The number of esters is 1. The summed E-state index contributed by atoms with van der Waals surface area (Å²) in [6.07, 6.45) is -4.64. The van der Waals surface area contributed by atoms with Gasteiger partial charge in [-0.3, -0.25) is 4.79 Å². The molecule has 8 heteroatoms. The molecule has 0 unspecified atom stereocenters. The number of anilines is 1. The predicted octanol–water partition coefficient (Wildman–Crippen LogP) is 4.46. The summed E-state index contributed by atoms with van der Waals surface area (Å²) in [6.45, 7) is 1.22. The Morgan fingerprint density at radius 2 is 1.76 bits per heavy atom. The van der Waals surface area contributed by atoms with Crippen molar-refractivity contribution in [2.24, 2.45) is 0 Å². The maximum Gasteiger partial charge on any atom is 0.417 e. The first-order valence-electron chi connectivity index (χ1n) is 7.07. The lowest BCUT2D eigenvalue weighted by Crippen LogP contribution is -2.21. The lowest BCUT2D eigenvalue weighted by molar-refractivity contribution is -0.137. The highest BCUT2D eigenvalue weighted by Crippen LogP contribution is 2.36. The Balaban J connectivity index is 1.96. The van der Waals surface area contributed by atoms with Gasteiger partial charge in [-0.15, -0.1) is 0 Å². The maximum absolute atomic E-state index is 12.8. The van der Waals surface area contributed by atoms with Crippen molar-refractivity contribution < 1.29 is 27.5 Å². The summed E-state index contributed by atoms with van der Waals surface area (Å²) in [4.78, 5) is 23.5. The van der Waals surface area contributed by atoms with Crippen molar-refractivity contribution in [2.45, 2.75) is 13.1 Å². The van der Waals surface area contributed by atoms with Crippen molar-refractivity contribution in [3.8, 4) is 0 Å². The molecule has 0 saturated carbocycles. The molecule has 0 saturated heterocycles. The van der Waals surface area contributed by atoms with Crippen molar-refractivity contribution in [1.82, 2.24) is 0 Å². The van der Waals surface area contributed by atoms with Gasteiger partial charge in [0.15, 0.2) is 6.61 Å². The van der Waals surface area contributed by atoms with Gasteiger partial charge in [0.1, 0.15) is 0 Å². The zero-order valence-corrected chi connectivity index (χ0v) is 13.7. The van der Waals surface area contributed by atoms with Crippen LogP contribution in [0.1, 0.15) is 21.5 Å². The fourth-order valence-electron chi connectivity index (χ4n) is 1.92. The van der Waals surface area contributed by atoms with Crippen LogP contribution in [0.2, 0.25) is 5.02 Å². The van der Waals surface area contributed by atoms with E-state index in [1.54, 1.807) is 24.3 Å². The summed E-state index contributed by atoms with van der Waals surface area (Å²) in [5, 5.41) is 1.75. The lowest BCUT2D eigenvalue weighted by Gasteiger charge is -2.12. The summed E-state index contributed by atoms with van der Waals surface area (Å²) in [7, 11) is 0. The van der Waals surface area contributed by atoms with E-state index < -0.39 is 35.2 Å². The van der Waals surface area contributed by atoms with Crippen LogP contribution in [0.5, 0.6) is 0 Å². The predicted molar refractivity (Wildman–Crippen MR) is 86.5 cm³/mol. The van der Waals surface area contributed by atoms with Gasteiger partial charge >= 0.3 is 12.1 Å². The first-order valence-corrected chi connectivity index (χ1v) is 7.45. The molecule has 25 heavy (non-hydrogen) atoms. The number of benzene rings is 2.